The molecule has 3 heterocycles. The molecule has 2 unspecified atom stereocenters. The molecular weight excluding hydrogens is 319 g/mol. The number of likely N-dealkylation sites (tertiary alicyclic amines) is 1. The largest absolute Gasteiger partial charge is 0.356 e. The highest BCUT2D eigenvalue weighted by molar-refractivity contribution is 5.94. The van der Waals surface area contributed by atoms with Gasteiger partial charge in [-0.3, -0.25) is 4.79 Å². The molecule has 0 spiro atoms. The number of hydrogen-bond donors (Lipinski definition) is 0. The Kier molecular flexibility index (Phi) is 3.90. The Morgan fingerprint density at radius 3 is 2.44 bits per heavy atom. The number of rotatable bonds is 2. The maximum Gasteiger partial charge on any atom is 0.253 e. The van der Waals surface area contributed by atoms with Gasteiger partial charge in [-0.15, -0.1) is 0 Å². The molecule has 2 aromatic rings. The highest BCUT2D eigenvalue weighted by atomic mass is 19.1. The van der Waals surface area contributed by atoms with Crippen LogP contribution in [0.3, 0.4) is 0 Å². The molecule has 1 aromatic heterocycles. The summed E-state index contributed by atoms with van der Waals surface area (Å²) in [5.74, 6) is 1.44. The number of amides is 1. The molecule has 4 rings (SSSR count). The normalized spacial score (nSPS) is 22.4. The van der Waals surface area contributed by atoms with Crippen molar-refractivity contribution in [2.45, 2.75) is 13.8 Å². The fraction of sp³-hybridized carbons (Fsp3) is 0.421. The van der Waals surface area contributed by atoms with Crippen LogP contribution < -0.4 is 4.90 Å². The van der Waals surface area contributed by atoms with Crippen molar-refractivity contribution in [3.63, 3.8) is 0 Å². The summed E-state index contributed by atoms with van der Waals surface area (Å²) in [7, 11) is 0. The Bertz CT molecular complexity index is 811. The van der Waals surface area contributed by atoms with Gasteiger partial charge >= 0.3 is 0 Å². The molecule has 0 radical (unpaired) electrons. The number of carbonyl (C=O) groups is 1. The van der Waals surface area contributed by atoms with Crippen LogP contribution in [0.25, 0.3) is 0 Å². The van der Waals surface area contributed by atoms with Crippen LogP contribution in [-0.4, -0.2) is 47.0 Å². The number of carbonyl (C=O) groups excluding carboxylic acids is 1. The van der Waals surface area contributed by atoms with Crippen LogP contribution in [0, 0.1) is 31.5 Å². The monoisotopic (exact) mass is 340 g/mol. The molecule has 130 valence electrons. The third-order valence-corrected chi connectivity index (χ3v) is 5.31. The molecule has 1 amide bonds. The summed E-state index contributed by atoms with van der Waals surface area (Å²) in [6, 6.07) is 6.73. The van der Waals surface area contributed by atoms with Crippen molar-refractivity contribution in [3.8, 4) is 0 Å². The average Bonchev–Trinajstić information content (AvgIpc) is 3.15. The summed E-state index contributed by atoms with van der Waals surface area (Å²) in [5.41, 5.74) is 1.96. The van der Waals surface area contributed by atoms with Gasteiger partial charge in [0.2, 0.25) is 0 Å². The van der Waals surface area contributed by atoms with Crippen molar-refractivity contribution in [2.75, 3.05) is 31.1 Å². The van der Waals surface area contributed by atoms with E-state index >= 15 is 0 Å². The minimum atomic E-state index is -0.324. The van der Waals surface area contributed by atoms with Crippen LogP contribution in [-0.2, 0) is 0 Å². The van der Waals surface area contributed by atoms with Gasteiger partial charge < -0.3 is 9.80 Å². The van der Waals surface area contributed by atoms with Gasteiger partial charge in [0.05, 0.1) is 0 Å². The number of aryl methyl sites for hydroxylation is 2. The third kappa shape index (κ3) is 2.97. The second-order valence-corrected chi connectivity index (χ2v) is 7.12. The minimum Gasteiger partial charge on any atom is -0.356 e. The van der Waals surface area contributed by atoms with Gasteiger partial charge in [0.15, 0.2) is 0 Å². The van der Waals surface area contributed by atoms with E-state index in [4.69, 9.17) is 0 Å². The van der Waals surface area contributed by atoms with Crippen molar-refractivity contribution in [1.82, 2.24) is 14.9 Å². The lowest BCUT2D eigenvalue weighted by atomic mass is 10.0. The molecule has 2 aliphatic rings. The van der Waals surface area contributed by atoms with Gasteiger partial charge in [0, 0.05) is 55.3 Å². The third-order valence-electron chi connectivity index (χ3n) is 5.31. The molecule has 2 fully saturated rings. The van der Waals surface area contributed by atoms with Gasteiger partial charge in [-0.2, -0.15) is 0 Å². The van der Waals surface area contributed by atoms with E-state index in [9.17, 15) is 9.18 Å². The van der Waals surface area contributed by atoms with Crippen LogP contribution in [0.1, 0.15) is 21.6 Å². The highest BCUT2D eigenvalue weighted by Gasteiger charge is 2.42. The summed E-state index contributed by atoms with van der Waals surface area (Å²) in [6.45, 7) is 6.90. The van der Waals surface area contributed by atoms with Gasteiger partial charge in [0.25, 0.3) is 5.91 Å². The molecule has 2 atom stereocenters. The molecule has 0 N–H and O–H groups in total. The van der Waals surface area contributed by atoms with Crippen molar-refractivity contribution in [3.05, 3.63) is 53.2 Å². The van der Waals surface area contributed by atoms with E-state index in [1.165, 1.54) is 6.07 Å². The number of benzene rings is 1. The standard InChI is InChI=1S/C19H21FN4O/c1-12-3-4-14(6-17(12)20)19(25)24-9-15-7-23(8-16(15)10-24)18-5-13(2)21-11-22-18/h3-6,11,15-16H,7-10H2,1-2H3. The van der Waals surface area contributed by atoms with Crippen LogP contribution in [0.5, 0.6) is 0 Å². The van der Waals surface area contributed by atoms with Crippen LogP contribution in [0.4, 0.5) is 10.2 Å². The average molecular weight is 340 g/mol. The van der Waals surface area contributed by atoms with E-state index in [0.29, 0.717) is 23.0 Å². The van der Waals surface area contributed by atoms with Gasteiger partial charge in [-0.1, -0.05) is 6.07 Å². The second kappa shape index (κ2) is 6.10. The van der Waals surface area contributed by atoms with Gasteiger partial charge in [-0.25, -0.2) is 14.4 Å². The molecule has 6 heteroatoms. The van der Waals surface area contributed by atoms with E-state index in [1.54, 1.807) is 25.4 Å². The first-order chi connectivity index (χ1) is 12.0. The summed E-state index contributed by atoms with van der Waals surface area (Å²) >= 11 is 0. The Morgan fingerprint density at radius 1 is 1.08 bits per heavy atom. The van der Waals surface area contributed by atoms with Gasteiger partial charge in [-0.05, 0) is 31.5 Å². The zero-order valence-electron chi connectivity index (χ0n) is 14.4. The number of aromatic nitrogens is 2. The fourth-order valence-corrected chi connectivity index (χ4v) is 3.87. The predicted molar refractivity (Wildman–Crippen MR) is 93.0 cm³/mol. The summed E-state index contributed by atoms with van der Waals surface area (Å²) in [4.78, 5) is 25.3. The molecule has 0 saturated carbocycles. The fourth-order valence-electron chi connectivity index (χ4n) is 3.87. The lowest BCUT2D eigenvalue weighted by molar-refractivity contribution is 0.0782. The first-order valence-corrected chi connectivity index (χ1v) is 8.60. The summed E-state index contributed by atoms with van der Waals surface area (Å²) in [6.07, 6.45) is 1.60. The Hall–Kier alpha value is -2.50. The minimum absolute atomic E-state index is 0.0715. The molecular formula is C19H21FN4O. The topological polar surface area (TPSA) is 49.3 Å². The molecule has 2 aliphatic heterocycles. The Labute approximate surface area is 146 Å². The van der Waals surface area contributed by atoms with Crippen molar-refractivity contribution >= 4 is 11.7 Å². The summed E-state index contributed by atoms with van der Waals surface area (Å²) in [5, 5.41) is 0. The zero-order chi connectivity index (χ0) is 17.6. The molecule has 0 bridgehead atoms. The number of anilines is 1. The number of fused-ring (bicyclic) bond motifs is 1. The first-order valence-electron chi connectivity index (χ1n) is 8.60. The maximum absolute atomic E-state index is 13.7. The van der Waals surface area contributed by atoms with Crippen molar-refractivity contribution in [1.29, 1.82) is 0 Å². The van der Waals surface area contributed by atoms with Crippen LogP contribution >= 0.6 is 0 Å². The number of nitrogens with zero attached hydrogens (tertiary/aromatic N) is 4. The quantitative estimate of drug-likeness (QED) is 0.843. The van der Waals surface area contributed by atoms with Crippen LogP contribution in [0.15, 0.2) is 30.6 Å². The smallest absolute Gasteiger partial charge is 0.253 e. The van der Waals surface area contributed by atoms with Crippen molar-refractivity contribution in [2.24, 2.45) is 11.8 Å². The van der Waals surface area contributed by atoms with E-state index in [0.717, 1.165) is 37.7 Å². The van der Waals surface area contributed by atoms with E-state index in [1.807, 2.05) is 17.9 Å². The van der Waals surface area contributed by atoms with E-state index in [-0.39, 0.29) is 11.7 Å². The SMILES string of the molecule is Cc1cc(N2CC3CN(C(=O)c4ccc(C)c(F)c4)CC3C2)ncn1. The predicted octanol–water partition coefficient (Wildman–Crippen LogP) is 2.44. The van der Waals surface area contributed by atoms with E-state index in [2.05, 4.69) is 14.9 Å². The number of hydrogen-bond acceptors (Lipinski definition) is 4. The van der Waals surface area contributed by atoms with Crippen molar-refractivity contribution < 1.29 is 9.18 Å². The van der Waals surface area contributed by atoms with Crippen LogP contribution in [0.2, 0.25) is 0 Å². The molecule has 0 aliphatic carbocycles. The molecule has 25 heavy (non-hydrogen) atoms. The number of halogens is 1. The van der Waals surface area contributed by atoms with E-state index < -0.39 is 0 Å². The lowest BCUT2D eigenvalue weighted by Gasteiger charge is -2.22. The molecule has 2 saturated heterocycles. The second-order valence-electron chi connectivity index (χ2n) is 7.12. The Morgan fingerprint density at radius 2 is 1.80 bits per heavy atom. The zero-order valence-corrected chi connectivity index (χ0v) is 14.4. The first kappa shape index (κ1) is 16.0. The molecule has 1 aromatic carbocycles. The lowest BCUT2D eigenvalue weighted by Crippen LogP contribution is -2.33. The Balaban J connectivity index is 1.44. The van der Waals surface area contributed by atoms with Gasteiger partial charge in [0.1, 0.15) is 18.0 Å². The highest BCUT2D eigenvalue weighted by Crippen LogP contribution is 2.34. The molecule has 5 nitrogen and oxygen atoms in total. The summed E-state index contributed by atoms with van der Waals surface area (Å²) < 4.78 is 13.7. The maximum atomic E-state index is 13.7.